The van der Waals surface area contributed by atoms with Gasteiger partial charge in [-0.25, -0.2) is 5.43 Å². The van der Waals surface area contributed by atoms with E-state index in [0.29, 0.717) is 11.4 Å². The number of amides is 2. The first kappa shape index (κ1) is 17.9. The van der Waals surface area contributed by atoms with Crippen LogP contribution in [0.25, 0.3) is 0 Å². The van der Waals surface area contributed by atoms with Crippen LogP contribution < -0.4 is 20.2 Å². The summed E-state index contributed by atoms with van der Waals surface area (Å²) < 4.78 is 10.3. The molecule has 10 heteroatoms. The number of ether oxygens (including phenoxy) is 2. The van der Waals surface area contributed by atoms with Gasteiger partial charge in [-0.3, -0.25) is 19.7 Å². The predicted molar refractivity (Wildman–Crippen MR) is 95.0 cm³/mol. The topological polar surface area (TPSA) is 132 Å². The van der Waals surface area contributed by atoms with Gasteiger partial charge in [-0.05, 0) is 24.3 Å². The summed E-state index contributed by atoms with van der Waals surface area (Å²) in [6, 6.07) is 8.91. The molecule has 10 nitrogen and oxygen atoms in total. The first-order chi connectivity index (χ1) is 12.9. The van der Waals surface area contributed by atoms with Crippen molar-refractivity contribution >= 4 is 29.4 Å². The highest BCUT2D eigenvalue weighted by molar-refractivity contribution is 5.97. The number of carbonyl (C=O) groups is 2. The molecule has 0 radical (unpaired) electrons. The zero-order valence-electron chi connectivity index (χ0n) is 14.1. The monoisotopic (exact) mass is 370 g/mol. The van der Waals surface area contributed by atoms with Crippen molar-refractivity contribution in [3.8, 4) is 11.5 Å². The quantitative estimate of drug-likeness (QED) is 0.470. The molecule has 2 N–H and O–H groups in total. The lowest BCUT2D eigenvalue weighted by Gasteiger charge is -2.05. The number of hydrazone groups is 1. The Hall–Kier alpha value is -3.95. The molecule has 0 aromatic heterocycles. The molecule has 1 heterocycles. The van der Waals surface area contributed by atoms with E-state index >= 15 is 0 Å². The fourth-order valence-electron chi connectivity index (χ4n) is 2.37. The van der Waals surface area contributed by atoms with Crippen molar-refractivity contribution in [1.29, 1.82) is 0 Å². The van der Waals surface area contributed by atoms with Crippen molar-refractivity contribution in [1.82, 2.24) is 5.43 Å². The third kappa shape index (κ3) is 4.18. The van der Waals surface area contributed by atoms with Crippen LogP contribution in [0.5, 0.6) is 11.5 Å². The van der Waals surface area contributed by atoms with Crippen LogP contribution in [0.1, 0.15) is 22.8 Å². The van der Waals surface area contributed by atoms with Crippen LogP contribution in [0.4, 0.5) is 11.4 Å². The van der Waals surface area contributed by atoms with Crippen molar-refractivity contribution in [3.63, 3.8) is 0 Å². The molecular formula is C17H14N4O6. The van der Waals surface area contributed by atoms with Crippen molar-refractivity contribution in [2.24, 2.45) is 5.10 Å². The van der Waals surface area contributed by atoms with Gasteiger partial charge >= 0.3 is 0 Å². The van der Waals surface area contributed by atoms with E-state index in [1.165, 1.54) is 25.1 Å². The number of nitrogens with zero attached hydrogens (tertiary/aromatic N) is 2. The number of nitro groups is 1. The Labute approximate surface area is 152 Å². The molecule has 0 saturated carbocycles. The number of nitro benzene ring substituents is 1. The number of rotatable bonds is 5. The summed E-state index contributed by atoms with van der Waals surface area (Å²) in [4.78, 5) is 33.9. The smallest absolute Gasteiger partial charge is 0.282 e. The molecule has 0 saturated heterocycles. The number of nitrogens with one attached hydrogen (secondary N) is 2. The number of carbonyl (C=O) groups excluding carboxylic acids is 2. The highest BCUT2D eigenvalue weighted by Crippen LogP contribution is 2.37. The average molecular weight is 370 g/mol. The van der Waals surface area contributed by atoms with Crippen LogP contribution in [0.3, 0.4) is 0 Å². The van der Waals surface area contributed by atoms with Gasteiger partial charge in [0, 0.05) is 18.2 Å². The number of hydrogen-bond donors (Lipinski definition) is 2. The molecule has 0 spiro atoms. The fraction of sp³-hybridized carbons (Fsp3) is 0.118. The lowest BCUT2D eigenvalue weighted by Crippen LogP contribution is -2.18. The summed E-state index contributed by atoms with van der Waals surface area (Å²) in [6.45, 7) is 1.34. The van der Waals surface area contributed by atoms with Gasteiger partial charge in [-0.2, -0.15) is 5.10 Å². The van der Waals surface area contributed by atoms with E-state index in [2.05, 4.69) is 15.8 Å². The van der Waals surface area contributed by atoms with Crippen molar-refractivity contribution in [2.45, 2.75) is 6.92 Å². The molecule has 0 bridgehead atoms. The summed E-state index contributed by atoms with van der Waals surface area (Å²) in [6.07, 6.45) is 1.15. The van der Waals surface area contributed by atoms with E-state index in [4.69, 9.17) is 9.47 Å². The summed E-state index contributed by atoms with van der Waals surface area (Å²) in [5.41, 5.74) is 2.93. The van der Waals surface area contributed by atoms with Crippen molar-refractivity contribution < 1.29 is 24.0 Å². The molecule has 1 aliphatic rings. The summed E-state index contributed by atoms with van der Waals surface area (Å²) in [5, 5.41) is 17.5. The van der Waals surface area contributed by atoms with Gasteiger partial charge in [0.25, 0.3) is 11.6 Å². The minimum atomic E-state index is -0.581. The molecule has 27 heavy (non-hydrogen) atoms. The molecule has 0 atom stereocenters. The minimum Gasteiger partial charge on any atom is -0.454 e. The molecule has 0 fully saturated rings. The Morgan fingerprint density at radius 2 is 1.96 bits per heavy atom. The maximum Gasteiger partial charge on any atom is 0.282 e. The van der Waals surface area contributed by atoms with Gasteiger partial charge in [-0.1, -0.05) is 6.07 Å². The molecule has 1 aliphatic heterocycles. The number of anilines is 1. The second-order valence-electron chi connectivity index (χ2n) is 5.48. The Balaban J connectivity index is 1.75. The maximum absolute atomic E-state index is 12.2. The minimum absolute atomic E-state index is 0.0194. The standard InChI is InChI=1S/C17H14N4O6/c1-10(22)19-13-4-2-3-11(5-13)17(23)20-18-8-12-6-15-16(27-9-26-15)7-14(12)21(24)25/h2-8H,9H2,1H3,(H,19,22)(H,20,23). The highest BCUT2D eigenvalue weighted by atomic mass is 16.7. The van der Waals surface area contributed by atoms with Crippen LogP contribution in [-0.4, -0.2) is 29.7 Å². The summed E-state index contributed by atoms with van der Waals surface area (Å²) in [5.74, 6) is -0.170. The van der Waals surface area contributed by atoms with E-state index in [1.54, 1.807) is 18.2 Å². The van der Waals surface area contributed by atoms with Gasteiger partial charge in [0.2, 0.25) is 12.7 Å². The second kappa shape index (κ2) is 7.52. The highest BCUT2D eigenvalue weighted by Gasteiger charge is 2.22. The fourth-order valence-corrected chi connectivity index (χ4v) is 2.37. The van der Waals surface area contributed by atoms with Crippen LogP contribution >= 0.6 is 0 Å². The van der Waals surface area contributed by atoms with Gasteiger partial charge in [0.15, 0.2) is 11.5 Å². The van der Waals surface area contributed by atoms with E-state index in [0.717, 1.165) is 6.21 Å². The van der Waals surface area contributed by atoms with Gasteiger partial charge in [-0.15, -0.1) is 0 Å². The first-order valence-electron chi connectivity index (χ1n) is 7.73. The van der Waals surface area contributed by atoms with E-state index < -0.39 is 10.8 Å². The van der Waals surface area contributed by atoms with Crippen LogP contribution in [0.15, 0.2) is 41.5 Å². The van der Waals surface area contributed by atoms with Crippen LogP contribution in [0, 0.1) is 10.1 Å². The predicted octanol–water partition coefficient (Wildman–Crippen LogP) is 2.05. The Kier molecular flexibility index (Phi) is 4.97. The summed E-state index contributed by atoms with van der Waals surface area (Å²) in [7, 11) is 0. The lowest BCUT2D eigenvalue weighted by molar-refractivity contribution is -0.385. The molecule has 2 aromatic rings. The molecule has 3 rings (SSSR count). The van der Waals surface area contributed by atoms with E-state index in [1.807, 2.05) is 0 Å². The van der Waals surface area contributed by atoms with E-state index in [9.17, 15) is 19.7 Å². The third-order valence-electron chi connectivity index (χ3n) is 3.53. The van der Waals surface area contributed by atoms with Gasteiger partial charge in [0.1, 0.15) is 0 Å². The van der Waals surface area contributed by atoms with Crippen molar-refractivity contribution in [2.75, 3.05) is 12.1 Å². The Morgan fingerprint density at radius 3 is 2.67 bits per heavy atom. The van der Waals surface area contributed by atoms with Crippen LogP contribution in [0.2, 0.25) is 0 Å². The molecule has 0 unspecified atom stereocenters. The number of benzene rings is 2. The summed E-state index contributed by atoms with van der Waals surface area (Å²) >= 11 is 0. The third-order valence-corrected chi connectivity index (χ3v) is 3.53. The zero-order chi connectivity index (χ0) is 19.4. The molecule has 2 amide bonds. The normalized spacial score (nSPS) is 12.0. The largest absolute Gasteiger partial charge is 0.454 e. The molecule has 138 valence electrons. The zero-order valence-corrected chi connectivity index (χ0v) is 14.1. The molecular weight excluding hydrogens is 356 g/mol. The maximum atomic E-state index is 12.2. The van der Waals surface area contributed by atoms with Gasteiger partial charge < -0.3 is 14.8 Å². The molecule has 0 aliphatic carbocycles. The number of fused-ring (bicyclic) bond motifs is 1. The first-order valence-corrected chi connectivity index (χ1v) is 7.73. The number of hydrogen-bond acceptors (Lipinski definition) is 7. The Bertz CT molecular complexity index is 956. The van der Waals surface area contributed by atoms with E-state index in [-0.39, 0.29) is 35.3 Å². The second-order valence-corrected chi connectivity index (χ2v) is 5.48. The molecule has 2 aromatic carbocycles. The SMILES string of the molecule is CC(=O)Nc1cccc(C(=O)NN=Cc2cc3c(cc2[N+](=O)[O-])OCO3)c1. The van der Waals surface area contributed by atoms with Gasteiger partial charge in [0.05, 0.1) is 22.8 Å². The average Bonchev–Trinajstić information content (AvgIpc) is 3.08. The van der Waals surface area contributed by atoms with Crippen LogP contribution in [-0.2, 0) is 4.79 Å². The lowest BCUT2D eigenvalue weighted by atomic mass is 10.1. The van der Waals surface area contributed by atoms with Crippen molar-refractivity contribution in [3.05, 3.63) is 57.6 Å². The Morgan fingerprint density at radius 1 is 1.22 bits per heavy atom.